The lowest BCUT2D eigenvalue weighted by Crippen LogP contribution is -1.99. The van der Waals surface area contributed by atoms with Crippen molar-refractivity contribution in [1.29, 1.82) is 0 Å². The molecule has 0 radical (unpaired) electrons. The van der Waals surface area contributed by atoms with Crippen molar-refractivity contribution >= 4 is 34.6 Å². The normalized spacial score (nSPS) is 11.1. The number of nitrogens with zero attached hydrogens (tertiary/aromatic N) is 2. The second kappa shape index (κ2) is 10.0. The third-order valence-corrected chi connectivity index (χ3v) is 6.96. The van der Waals surface area contributed by atoms with Gasteiger partial charge in [-0.25, -0.2) is 4.98 Å². The Morgan fingerprint density at radius 1 is 1.00 bits per heavy atom. The Morgan fingerprint density at radius 2 is 1.83 bits per heavy atom. The van der Waals surface area contributed by atoms with Crippen LogP contribution in [0.4, 0.5) is 0 Å². The second-order valence-electron chi connectivity index (χ2n) is 6.88. The van der Waals surface area contributed by atoms with E-state index in [2.05, 4.69) is 46.1 Å². The number of pyridine rings is 1. The summed E-state index contributed by atoms with van der Waals surface area (Å²) >= 11 is 3.62. The molecule has 4 nitrogen and oxygen atoms in total. The van der Waals surface area contributed by atoms with Crippen molar-refractivity contribution in [3.63, 3.8) is 0 Å². The molecule has 0 aliphatic rings. The molecule has 0 unspecified atom stereocenters. The molecular weight excluding hydrogens is 410 g/mol. The van der Waals surface area contributed by atoms with E-state index < -0.39 is 0 Å². The van der Waals surface area contributed by atoms with Gasteiger partial charge in [-0.15, -0.1) is 11.8 Å². The van der Waals surface area contributed by atoms with Crippen LogP contribution in [0.2, 0.25) is 0 Å². The van der Waals surface area contributed by atoms with Crippen LogP contribution < -0.4 is 4.74 Å². The van der Waals surface area contributed by atoms with Gasteiger partial charge in [0.25, 0.3) is 0 Å². The van der Waals surface area contributed by atoms with Gasteiger partial charge in [0.15, 0.2) is 5.16 Å². The number of aromatic nitrogens is 3. The van der Waals surface area contributed by atoms with Gasteiger partial charge >= 0.3 is 0 Å². The van der Waals surface area contributed by atoms with Crippen molar-refractivity contribution < 1.29 is 4.74 Å². The first-order valence-corrected chi connectivity index (χ1v) is 12.0. The highest BCUT2D eigenvalue weighted by atomic mass is 32.2. The molecule has 2 heterocycles. The van der Waals surface area contributed by atoms with Gasteiger partial charge in [0.2, 0.25) is 0 Å². The Bertz CT molecular complexity index is 1080. The topological polar surface area (TPSA) is 50.8 Å². The lowest BCUT2D eigenvalue weighted by molar-refractivity contribution is 0.414. The summed E-state index contributed by atoms with van der Waals surface area (Å²) in [6.45, 7) is 2.21. The van der Waals surface area contributed by atoms with Crippen molar-refractivity contribution in [1.82, 2.24) is 15.0 Å². The van der Waals surface area contributed by atoms with E-state index in [0.717, 1.165) is 52.0 Å². The molecule has 0 aliphatic carbocycles. The number of aryl methyl sites for hydroxylation is 1. The monoisotopic (exact) mass is 435 g/mol. The summed E-state index contributed by atoms with van der Waals surface area (Å²) in [4.78, 5) is 14.1. The molecule has 2 aromatic carbocycles. The quantitative estimate of drug-likeness (QED) is 0.319. The molecule has 6 heteroatoms. The van der Waals surface area contributed by atoms with Crippen molar-refractivity contribution in [2.45, 2.75) is 35.6 Å². The zero-order valence-corrected chi connectivity index (χ0v) is 18.9. The molecule has 0 fully saturated rings. The first-order valence-electron chi connectivity index (χ1n) is 10.1. The minimum atomic E-state index is 0.815. The fourth-order valence-electron chi connectivity index (χ4n) is 3.36. The van der Waals surface area contributed by atoms with E-state index in [0.29, 0.717) is 0 Å². The van der Waals surface area contributed by atoms with Gasteiger partial charge in [0, 0.05) is 22.6 Å². The molecule has 0 saturated heterocycles. The number of rotatable bonds is 9. The lowest BCUT2D eigenvalue weighted by Gasteiger charge is -2.12. The number of benzene rings is 2. The molecule has 0 bridgehead atoms. The number of H-pyrrole nitrogens is 1. The zero-order valence-electron chi connectivity index (χ0n) is 17.2. The molecule has 154 valence electrons. The maximum absolute atomic E-state index is 5.24. The molecule has 1 N–H and O–H groups in total. The van der Waals surface area contributed by atoms with E-state index in [1.54, 1.807) is 18.9 Å². The van der Waals surface area contributed by atoms with Crippen molar-refractivity contribution in [3.8, 4) is 5.75 Å². The van der Waals surface area contributed by atoms with Gasteiger partial charge in [0.1, 0.15) is 5.75 Å². The van der Waals surface area contributed by atoms with Gasteiger partial charge < -0.3 is 9.72 Å². The van der Waals surface area contributed by atoms with E-state index >= 15 is 0 Å². The van der Waals surface area contributed by atoms with Gasteiger partial charge in [-0.2, -0.15) is 0 Å². The van der Waals surface area contributed by atoms with Crippen LogP contribution in [-0.4, -0.2) is 27.8 Å². The molecule has 0 aliphatic heterocycles. The van der Waals surface area contributed by atoms with E-state index in [1.165, 1.54) is 16.0 Å². The molecule has 2 aromatic heterocycles. The summed E-state index contributed by atoms with van der Waals surface area (Å²) in [6, 6.07) is 18.6. The molecule has 0 saturated carbocycles. The third-order valence-electron chi connectivity index (χ3n) is 4.98. The Morgan fingerprint density at radius 3 is 2.60 bits per heavy atom. The van der Waals surface area contributed by atoms with Crippen LogP contribution >= 0.6 is 23.5 Å². The van der Waals surface area contributed by atoms with Gasteiger partial charge in [-0.1, -0.05) is 43.0 Å². The van der Waals surface area contributed by atoms with Crippen LogP contribution in [0.25, 0.3) is 11.0 Å². The van der Waals surface area contributed by atoms with Crippen molar-refractivity contribution in [2.75, 3.05) is 12.9 Å². The molecule has 4 rings (SSSR count). The third kappa shape index (κ3) is 4.99. The fourth-order valence-corrected chi connectivity index (χ4v) is 5.38. The SMILES string of the molecule is CCc1c(SCCc2ccc(OC)cc2)ccnc1CSc1nc2ccccc2[nH]1. The summed E-state index contributed by atoms with van der Waals surface area (Å²) in [5.41, 5.74) is 5.91. The number of nitrogens with one attached hydrogen (secondary N) is 1. The largest absolute Gasteiger partial charge is 0.497 e. The van der Waals surface area contributed by atoms with E-state index in [1.807, 2.05) is 48.3 Å². The van der Waals surface area contributed by atoms with Crippen LogP contribution in [0.3, 0.4) is 0 Å². The number of thioether (sulfide) groups is 2. The number of hydrogen-bond acceptors (Lipinski definition) is 5. The maximum Gasteiger partial charge on any atom is 0.166 e. The zero-order chi connectivity index (χ0) is 20.8. The number of fused-ring (bicyclic) bond motifs is 1. The number of imidazole rings is 1. The number of para-hydroxylation sites is 2. The minimum absolute atomic E-state index is 0.815. The average Bonchev–Trinajstić information content (AvgIpc) is 3.21. The van der Waals surface area contributed by atoms with Crippen LogP contribution in [0.1, 0.15) is 23.7 Å². The van der Waals surface area contributed by atoms with Crippen molar-refractivity contribution in [2.24, 2.45) is 0 Å². The Balaban J connectivity index is 1.39. The van der Waals surface area contributed by atoms with Crippen molar-refractivity contribution in [3.05, 3.63) is 77.6 Å². The van der Waals surface area contributed by atoms with Crippen LogP contribution in [0, 0.1) is 0 Å². The molecular formula is C24H25N3OS2. The maximum atomic E-state index is 5.24. The number of methoxy groups -OCH3 is 1. The Kier molecular flexibility index (Phi) is 6.97. The van der Waals surface area contributed by atoms with Gasteiger partial charge in [0.05, 0.1) is 23.8 Å². The van der Waals surface area contributed by atoms with E-state index in [9.17, 15) is 0 Å². The average molecular weight is 436 g/mol. The molecule has 0 amide bonds. The first kappa shape index (κ1) is 20.8. The lowest BCUT2D eigenvalue weighted by atomic mass is 10.1. The molecule has 0 spiro atoms. The second-order valence-corrected chi connectivity index (χ2v) is 8.98. The minimum Gasteiger partial charge on any atom is -0.497 e. The van der Waals surface area contributed by atoms with Crippen LogP contribution in [-0.2, 0) is 18.6 Å². The van der Waals surface area contributed by atoms with E-state index in [4.69, 9.17) is 4.74 Å². The number of ether oxygens (including phenoxy) is 1. The van der Waals surface area contributed by atoms with Gasteiger partial charge in [-0.3, -0.25) is 4.98 Å². The summed E-state index contributed by atoms with van der Waals surface area (Å²) in [5, 5.41) is 0.942. The summed E-state index contributed by atoms with van der Waals surface area (Å²) < 4.78 is 5.24. The van der Waals surface area contributed by atoms with Crippen LogP contribution in [0.15, 0.2) is 70.8 Å². The highest BCUT2D eigenvalue weighted by molar-refractivity contribution is 7.99. The highest BCUT2D eigenvalue weighted by Crippen LogP contribution is 2.30. The molecule has 4 aromatic rings. The molecule has 0 atom stereocenters. The van der Waals surface area contributed by atoms with E-state index in [-0.39, 0.29) is 0 Å². The number of hydrogen-bond donors (Lipinski definition) is 1. The summed E-state index contributed by atoms with van der Waals surface area (Å²) in [5.74, 6) is 2.76. The standard InChI is InChI=1S/C24H25N3OS2/c1-3-19-22(16-30-24-26-20-6-4-5-7-21(20)27-24)25-14-12-23(19)29-15-13-17-8-10-18(28-2)11-9-17/h4-12,14H,3,13,15-16H2,1-2H3,(H,26,27). The predicted molar refractivity (Wildman–Crippen MR) is 127 cm³/mol. The summed E-state index contributed by atoms with van der Waals surface area (Å²) in [6.07, 6.45) is 3.95. The predicted octanol–water partition coefficient (Wildman–Crippen LogP) is 6.16. The Hall–Kier alpha value is -2.44. The first-order chi connectivity index (χ1) is 14.8. The highest BCUT2D eigenvalue weighted by Gasteiger charge is 2.11. The number of aromatic amines is 1. The fraction of sp³-hybridized carbons (Fsp3) is 0.250. The smallest absolute Gasteiger partial charge is 0.166 e. The summed E-state index contributed by atoms with van der Waals surface area (Å²) in [7, 11) is 1.70. The molecule has 30 heavy (non-hydrogen) atoms. The van der Waals surface area contributed by atoms with Gasteiger partial charge in [-0.05, 0) is 54.3 Å². The van der Waals surface area contributed by atoms with Crippen LogP contribution in [0.5, 0.6) is 5.75 Å². The Labute approximate surface area is 185 Å².